The highest BCUT2D eigenvalue weighted by atomic mass is 32.2. The van der Waals surface area contributed by atoms with Crippen LogP contribution in [-0.2, 0) is 14.8 Å². The fraction of sp³-hybridized carbons (Fsp3) is 0.381. The second kappa shape index (κ2) is 7.82. The summed E-state index contributed by atoms with van der Waals surface area (Å²) >= 11 is 0. The summed E-state index contributed by atoms with van der Waals surface area (Å²) in [7, 11) is -2.40. The molecule has 0 spiro atoms. The van der Waals surface area contributed by atoms with Crippen molar-refractivity contribution in [2.24, 2.45) is 0 Å². The minimum Gasteiger partial charge on any atom is -0.465 e. The van der Waals surface area contributed by atoms with Gasteiger partial charge in [-0.05, 0) is 48.9 Å². The summed E-state index contributed by atoms with van der Waals surface area (Å²) in [5, 5.41) is 0. The van der Waals surface area contributed by atoms with Crippen LogP contribution >= 0.6 is 0 Å². The zero-order chi connectivity index (χ0) is 19.6. The lowest BCUT2D eigenvalue weighted by Crippen LogP contribution is -2.38. The number of aryl methyl sites for hydroxylation is 1. The first-order valence-corrected chi connectivity index (χ1v) is 10.6. The molecule has 0 saturated carbocycles. The van der Waals surface area contributed by atoms with Gasteiger partial charge < -0.3 is 4.74 Å². The van der Waals surface area contributed by atoms with E-state index in [2.05, 4.69) is 6.92 Å². The Labute approximate surface area is 161 Å². The van der Waals surface area contributed by atoms with Crippen LogP contribution in [-0.4, -0.2) is 38.4 Å². The van der Waals surface area contributed by atoms with Crippen molar-refractivity contribution in [3.8, 4) is 0 Å². The Hall–Kier alpha value is -2.18. The summed E-state index contributed by atoms with van der Waals surface area (Å²) in [6.07, 6.45) is 1.65. The third kappa shape index (κ3) is 3.77. The van der Waals surface area contributed by atoms with Crippen LogP contribution in [0, 0.1) is 6.92 Å². The van der Waals surface area contributed by atoms with Gasteiger partial charge in [-0.1, -0.05) is 43.3 Å². The summed E-state index contributed by atoms with van der Waals surface area (Å²) in [5.41, 5.74) is 2.10. The molecule has 0 radical (unpaired) electrons. The number of carbonyl (C=O) groups is 1. The van der Waals surface area contributed by atoms with Gasteiger partial charge in [0.2, 0.25) is 10.0 Å². The number of hydrogen-bond donors (Lipinski definition) is 0. The van der Waals surface area contributed by atoms with Crippen molar-refractivity contribution in [1.29, 1.82) is 0 Å². The Balaban J connectivity index is 1.95. The topological polar surface area (TPSA) is 63.7 Å². The van der Waals surface area contributed by atoms with E-state index in [4.69, 9.17) is 4.74 Å². The predicted octanol–water partition coefficient (Wildman–Crippen LogP) is 3.74. The molecule has 0 aromatic heterocycles. The van der Waals surface area contributed by atoms with E-state index in [0.29, 0.717) is 12.1 Å². The monoisotopic (exact) mass is 387 g/mol. The van der Waals surface area contributed by atoms with Gasteiger partial charge in [-0.25, -0.2) is 13.2 Å². The van der Waals surface area contributed by atoms with E-state index in [0.717, 1.165) is 18.4 Å². The number of hydrogen-bond acceptors (Lipinski definition) is 4. The zero-order valence-electron chi connectivity index (χ0n) is 15.9. The number of methoxy groups -OCH3 is 1. The summed E-state index contributed by atoms with van der Waals surface area (Å²) in [4.78, 5) is 12.1. The van der Waals surface area contributed by atoms with E-state index >= 15 is 0 Å². The number of esters is 1. The van der Waals surface area contributed by atoms with Crippen molar-refractivity contribution < 1.29 is 17.9 Å². The average molecular weight is 388 g/mol. The van der Waals surface area contributed by atoms with Crippen molar-refractivity contribution >= 4 is 16.0 Å². The SMILES string of the molecule is COC(=O)c1cc(S(=O)(=O)N2CCCC2C(C)c2ccccc2)ccc1C. The van der Waals surface area contributed by atoms with Crippen molar-refractivity contribution in [2.75, 3.05) is 13.7 Å². The number of ether oxygens (including phenoxy) is 1. The second-order valence-electron chi connectivity index (χ2n) is 6.99. The maximum atomic E-state index is 13.3. The van der Waals surface area contributed by atoms with Crippen LogP contribution in [0.2, 0.25) is 0 Å². The van der Waals surface area contributed by atoms with Crippen LogP contribution in [0.1, 0.15) is 47.2 Å². The average Bonchev–Trinajstić information content (AvgIpc) is 3.18. The molecular formula is C21H25NO4S. The Morgan fingerprint density at radius 1 is 1.19 bits per heavy atom. The molecule has 1 heterocycles. The van der Waals surface area contributed by atoms with Crippen molar-refractivity contribution in [3.63, 3.8) is 0 Å². The lowest BCUT2D eigenvalue weighted by Gasteiger charge is -2.29. The lowest BCUT2D eigenvalue weighted by molar-refractivity contribution is 0.0599. The van der Waals surface area contributed by atoms with Gasteiger partial charge in [0, 0.05) is 12.6 Å². The molecule has 6 heteroatoms. The largest absolute Gasteiger partial charge is 0.465 e. The molecule has 0 amide bonds. The molecule has 1 aliphatic heterocycles. The van der Waals surface area contributed by atoms with Gasteiger partial charge in [0.1, 0.15) is 0 Å². The molecule has 3 rings (SSSR count). The van der Waals surface area contributed by atoms with Crippen LogP contribution in [0.15, 0.2) is 53.4 Å². The molecule has 0 aliphatic carbocycles. The van der Waals surface area contributed by atoms with Crippen LogP contribution in [0.5, 0.6) is 0 Å². The molecule has 2 atom stereocenters. The maximum absolute atomic E-state index is 13.3. The van der Waals surface area contributed by atoms with E-state index in [-0.39, 0.29) is 22.4 Å². The number of sulfonamides is 1. The highest BCUT2D eigenvalue weighted by Gasteiger charge is 2.38. The first-order chi connectivity index (χ1) is 12.9. The number of carbonyl (C=O) groups excluding carboxylic acids is 1. The van der Waals surface area contributed by atoms with Gasteiger partial charge in [-0.2, -0.15) is 4.31 Å². The van der Waals surface area contributed by atoms with Gasteiger partial charge in [-0.15, -0.1) is 0 Å². The summed E-state index contributed by atoms with van der Waals surface area (Å²) < 4.78 is 33.0. The number of benzene rings is 2. The van der Waals surface area contributed by atoms with Crippen molar-refractivity contribution in [2.45, 2.75) is 43.5 Å². The van der Waals surface area contributed by atoms with Gasteiger partial charge in [0.25, 0.3) is 0 Å². The predicted molar refractivity (Wildman–Crippen MR) is 104 cm³/mol. The summed E-state index contributed by atoms with van der Waals surface area (Å²) in [6, 6.07) is 14.5. The third-order valence-corrected chi connectivity index (χ3v) is 7.29. The Kier molecular flexibility index (Phi) is 5.67. The zero-order valence-corrected chi connectivity index (χ0v) is 16.7. The van der Waals surface area contributed by atoms with Crippen molar-refractivity contribution in [3.05, 3.63) is 65.2 Å². The Morgan fingerprint density at radius 2 is 1.89 bits per heavy atom. The first-order valence-electron chi connectivity index (χ1n) is 9.12. The first kappa shape index (κ1) is 19.6. The second-order valence-corrected chi connectivity index (χ2v) is 8.88. The quantitative estimate of drug-likeness (QED) is 0.733. The highest BCUT2D eigenvalue weighted by molar-refractivity contribution is 7.89. The molecule has 2 aromatic carbocycles. The number of nitrogens with zero attached hydrogens (tertiary/aromatic N) is 1. The Bertz CT molecular complexity index is 924. The molecule has 0 bridgehead atoms. The summed E-state index contributed by atoms with van der Waals surface area (Å²) in [5.74, 6) is -0.436. The highest BCUT2D eigenvalue weighted by Crippen LogP contribution is 2.35. The van der Waals surface area contributed by atoms with E-state index in [1.165, 1.54) is 13.2 Å². The minimum absolute atomic E-state index is 0.0917. The van der Waals surface area contributed by atoms with E-state index in [1.807, 2.05) is 30.3 Å². The number of rotatable bonds is 5. The van der Waals surface area contributed by atoms with E-state index in [1.54, 1.807) is 23.4 Å². The standard InChI is InChI=1S/C21H25NO4S/c1-15-11-12-18(14-19(15)21(23)26-3)27(24,25)22-13-7-10-20(22)16(2)17-8-5-4-6-9-17/h4-6,8-9,11-12,14,16,20H,7,10,13H2,1-3H3. The van der Waals surface area contributed by atoms with Crippen LogP contribution in [0.4, 0.5) is 0 Å². The summed E-state index contributed by atoms with van der Waals surface area (Å²) in [6.45, 7) is 4.33. The molecule has 1 aliphatic rings. The Morgan fingerprint density at radius 3 is 2.56 bits per heavy atom. The molecule has 0 N–H and O–H groups in total. The van der Waals surface area contributed by atoms with Crippen LogP contribution in [0.25, 0.3) is 0 Å². The van der Waals surface area contributed by atoms with E-state index in [9.17, 15) is 13.2 Å². The van der Waals surface area contributed by atoms with Crippen molar-refractivity contribution in [1.82, 2.24) is 4.31 Å². The maximum Gasteiger partial charge on any atom is 0.338 e. The van der Waals surface area contributed by atoms with Crippen LogP contribution in [0.3, 0.4) is 0 Å². The lowest BCUT2D eigenvalue weighted by atomic mass is 9.92. The van der Waals surface area contributed by atoms with Gasteiger partial charge in [-0.3, -0.25) is 0 Å². The molecule has 2 unspecified atom stereocenters. The fourth-order valence-electron chi connectivity index (χ4n) is 3.77. The molecule has 2 aromatic rings. The molecule has 5 nitrogen and oxygen atoms in total. The van der Waals surface area contributed by atoms with Gasteiger partial charge in [0.05, 0.1) is 17.6 Å². The van der Waals surface area contributed by atoms with Crippen LogP contribution < -0.4 is 0 Å². The third-order valence-electron chi connectivity index (χ3n) is 5.37. The molecule has 27 heavy (non-hydrogen) atoms. The smallest absolute Gasteiger partial charge is 0.338 e. The molecule has 1 fully saturated rings. The minimum atomic E-state index is -3.70. The van der Waals surface area contributed by atoms with Gasteiger partial charge >= 0.3 is 5.97 Å². The molecule has 1 saturated heterocycles. The normalized spacial score (nSPS) is 19.0. The van der Waals surface area contributed by atoms with Gasteiger partial charge in [0.15, 0.2) is 0 Å². The van der Waals surface area contributed by atoms with E-state index < -0.39 is 16.0 Å². The molecule has 144 valence electrons. The molecular weight excluding hydrogens is 362 g/mol. The fourth-order valence-corrected chi connectivity index (χ4v) is 5.56.